The van der Waals surface area contributed by atoms with Gasteiger partial charge in [-0.2, -0.15) is 0 Å². The molecule has 5 nitrogen and oxygen atoms in total. The van der Waals surface area contributed by atoms with Crippen molar-refractivity contribution in [3.8, 4) is 0 Å². The van der Waals surface area contributed by atoms with Gasteiger partial charge in [-0.3, -0.25) is 4.79 Å². The van der Waals surface area contributed by atoms with Crippen LogP contribution in [0.2, 0.25) is 0 Å². The molecule has 1 fully saturated rings. The van der Waals surface area contributed by atoms with Crippen molar-refractivity contribution < 1.29 is 4.79 Å². The molecule has 1 amide bonds. The van der Waals surface area contributed by atoms with E-state index in [-0.39, 0.29) is 17.9 Å². The first-order chi connectivity index (χ1) is 10.6. The van der Waals surface area contributed by atoms with Crippen molar-refractivity contribution in [2.24, 2.45) is 11.0 Å². The van der Waals surface area contributed by atoms with Gasteiger partial charge >= 0.3 is 0 Å². The SMILES string of the molecule is CC[C@H](N=[N+]=[N-])[C@H]1C[C@]1(C(=O)N(CC)CC)c1ccccc1. The monoisotopic (exact) mass is 300 g/mol. The van der Waals surface area contributed by atoms with Crippen LogP contribution in [0.25, 0.3) is 10.4 Å². The minimum atomic E-state index is -0.512. The van der Waals surface area contributed by atoms with Gasteiger partial charge in [0.1, 0.15) is 0 Å². The molecular weight excluding hydrogens is 276 g/mol. The van der Waals surface area contributed by atoms with Gasteiger partial charge in [0, 0.05) is 24.0 Å². The Bertz CT molecular complexity index is 563. The molecule has 118 valence electrons. The summed E-state index contributed by atoms with van der Waals surface area (Å²) < 4.78 is 0. The second kappa shape index (κ2) is 6.84. The van der Waals surface area contributed by atoms with Crippen LogP contribution in [-0.2, 0) is 10.2 Å². The minimum Gasteiger partial charge on any atom is -0.342 e. The van der Waals surface area contributed by atoms with Crippen molar-refractivity contribution in [2.75, 3.05) is 13.1 Å². The highest BCUT2D eigenvalue weighted by atomic mass is 16.2. The molecule has 1 aromatic rings. The van der Waals surface area contributed by atoms with Crippen LogP contribution in [0.4, 0.5) is 0 Å². The molecule has 0 saturated heterocycles. The Morgan fingerprint density at radius 2 is 2.00 bits per heavy atom. The summed E-state index contributed by atoms with van der Waals surface area (Å²) >= 11 is 0. The summed E-state index contributed by atoms with van der Waals surface area (Å²) in [5.74, 6) is 0.268. The molecule has 0 heterocycles. The Labute approximate surface area is 131 Å². The highest BCUT2D eigenvalue weighted by molar-refractivity contribution is 5.92. The molecule has 3 atom stereocenters. The van der Waals surface area contributed by atoms with Crippen LogP contribution in [0.15, 0.2) is 35.4 Å². The lowest BCUT2D eigenvalue weighted by molar-refractivity contribution is -0.134. The van der Waals surface area contributed by atoms with Gasteiger partial charge in [-0.15, -0.1) is 0 Å². The van der Waals surface area contributed by atoms with Gasteiger partial charge < -0.3 is 4.90 Å². The van der Waals surface area contributed by atoms with Crippen molar-refractivity contribution in [1.82, 2.24) is 4.90 Å². The van der Waals surface area contributed by atoms with Crippen molar-refractivity contribution >= 4 is 5.91 Å². The zero-order valence-corrected chi connectivity index (χ0v) is 13.6. The Morgan fingerprint density at radius 3 is 2.50 bits per heavy atom. The quantitative estimate of drug-likeness (QED) is 0.427. The van der Waals surface area contributed by atoms with Gasteiger partial charge in [0.05, 0.1) is 5.41 Å². The topological polar surface area (TPSA) is 69.1 Å². The Morgan fingerprint density at radius 1 is 1.36 bits per heavy atom. The third kappa shape index (κ3) is 2.69. The largest absolute Gasteiger partial charge is 0.342 e. The summed E-state index contributed by atoms with van der Waals surface area (Å²) in [6.07, 6.45) is 1.53. The van der Waals surface area contributed by atoms with Crippen LogP contribution in [0.5, 0.6) is 0 Å². The number of amides is 1. The number of carbonyl (C=O) groups is 1. The van der Waals surface area contributed by atoms with E-state index in [2.05, 4.69) is 10.0 Å². The number of rotatable bonds is 7. The van der Waals surface area contributed by atoms with Crippen LogP contribution in [-0.4, -0.2) is 29.9 Å². The maximum absolute atomic E-state index is 13.1. The number of carbonyl (C=O) groups excluding carboxylic acids is 1. The maximum atomic E-state index is 13.1. The highest BCUT2D eigenvalue weighted by Gasteiger charge is 2.63. The van der Waals surface area contributed by atoms with E-state index in [0.29, 0.717) is 13.1 Å². The number of hydrogen-bond acceptors (Lipinski definition) is 2. The molecule has 1 saturated carbocycles. The third-order valence-electron chi connectivity index (χ3n) is 4.82. The summed E-state index contributed by atoms with van der Waals surface area (Å²) in [5, 5.41) is 3.93. The first-order valence-corrected chi connectivity index (χ1v) is 8.04. The predicted octanol–water partition coefficient (Wildman–Crippen LogP) is 3.90. The molecular formula is C17H24N4O. The van der Waals surface area contributed by atoms with E-state index in [1.54, 1.807) is 0 Å². The fraction of sp³-hybridized carbons (Fsp3) is 0.588. The van der Waals surface area contributed by atoms with E-state index in [4.69, 9.17) is 5.53 Å². The van der Waals surface area contributed by atoms with Crippen molar-refractivity contribution in [1.29, 1.82) is 0 Å². The average molecular weight is 300 g/mol. The first-order valence-electron chi connectivity index (χ1n) is 8.04. The summed E-state index contributed by atoms with van der Waals surface area (Å²) in [5.41, 5.74) is 9.32. The van der Waals surface area contributed by atoms with Crippen molar-refractivity contribution in [3.05, 3.63) is 46.3 Å². The van der Waals surface area contributed by atoms with E-state index >= 15 is 0 Å². The first kappa shape index (κ1) is 16.4. The molecule has 2 rings (SSSR count). The molecule has 0 bridgehead atoms. The minimum absolute atomic E-state index is 0.101. The van der Waals surface area contributed by atoms with Crippen molar-refractivity contribution in [3.63, 3.8) is 0 Å². The Kier molecular flexibility index (Phi) is 5.09. The van der Waals surface area contributed by atoms with Gasteiger partial charge in [0.25, 0.3) is 0 Å². The van der Waals surface area contributed by atoms with Crippen molar-refractivity contribution in [2.45, 2.75) is 45.1 Å². The molecule has 1 aliphatic rings. The highest BCUT2D eigenvalue weighted by Crippen LogP contribution is 2.58. The van der Waals surface area contributed by atoms with Gasteiger partial charge in [-0.05, 0) is 43.7 Å². The Hall–Kier alpha value is -2.00. The summed E-state index contributed by atoms with van der Waals surface area (Å²) in [4.78, 5) is 18.0. The molecule has 0 unspecified atom stereocenters. The fourth-order valence-corrected chi connectivity index (χ4v) is 3.50. The predicted molar refractivity (Wildman–Crippen MR) is 87.4 cm³/mol. The zero-order valence-electron chi connectivity index (χ0n) is 13.6. The van der Waals surface area contributed by atoms with Gasteiger partial charge in [0.2, 0.25) is 5.91 Å². The standard InChI is InChI=1S/C17H24N4O/c1-4-15(19-20-18)14-12-17(14,13-10-8-7-9-11-13)16(22)21(5-2)6-3/h7-11,14-15H,4-6,12H2,1-3H3/t14-,15+,17+/m1/s1. The molecule has 1 aliphatic carbocycles. The zero-order chi connectivity index (χ0) is 16.2. The number of likely N-dealkylation sites (N-methyl/N-ethyl adjacent to an activating group) is 1. The lowest BCUT2D eigenvalue weighted by Gasteiger charge is -2.27. The maximum Gasteiger partial charge on any atom is 0.233 e. The van der Waals surface area contributed by atoms with E-state index in [0.717, 1.165) is 18.4 Å². The lowest BCUT2D eigenvalue weighted by Crippen LogP contribution is -2.41. The molecule has 0 aromatic heterocycles. The van der Waals surface area contributed by atoms with Crippen LogP contribution < -0.4 is 0 Å². The van der Waals surface area contributed by atoms with Crippen LogP contribution in [0.3, 0.4) is 0 Å². The number of benzene rings is 1. The van der Waals surface area contributed by atoms with E-state index in [1.165, 1.54) is 0 Å². The van der Waals surface area contributed by atoms with Gasteiger partial charge in [-0.25, -0.2) is 0 Å². The van der Waals surface area contributed by atoms with Crippen LogP contribution in [0, 0.1) is 5.92 Å². The molecule has 1 aromatic carbocycles. The fourth-order valence-electron chi connectivity index (χ4n) is 3.50. The average Bonchev–Trinajstić information content (AvgIpc) is 3.31. The summed E-state index contributed by atoms with van der Waals surface area (Å²) in [6, 6.07) is 9.81. The molecule has 22 heavy (non-hydrogen) atoms. The number of hydrogen-bond donors (Lipinski definition) is 0. The summed E-state index contributed by atoms with van der Waals surface area (Å²) in [7, 11) is 0. The molecule has 0 spiro atoms. The number of azide groups is 1. The van der Waals surface area contributed by atoms with E-state index in [9.17, 15) is 4.79 Å². The molecule has 5 heteroatoms. The Balaban J connectivity index is 2.41. The molecule has 0 aliphatic heterocycles. The van der Waals surface area contributed by atoms with Gasteiger partial charge in [0.15, 0.2) is 0 Å². The molecule has 0 radical (unpaired) electrons. The summed E-state index contributed by atoms with van der Waals surface area (Å²) in [6.45, 7) is 7.42. The second-order valence-corrected chi connectivity index (χ2v) is 5.81. The van der Waals surface area contributed by atoms with Crippen LogP contribution >= 0.6 is 0 Å². The smallest absolute Gasteiger partial charge is 0.233 e. The lowest BCUT2D eigenvalue weighted by atomic mass is 9.88. The van der Waals surface area contributed by atoms with Gasteiger partial charge in [-0.1, -0.05) is 42.4 Å². The third-order valence-corrected chi connectivity index (χ3v) is 4.82. The second-order valence-electron chi connectivity index (χ2n) is 5.81. The normalized spacial score (nSPS) is 24.2. The molecule has 0 N–H and O–H groups in total. The van der Waals surface area contributed by atoms with Crippen LogP contribution in [0.1, 0.15) is 39.2 Å². The number of nitrogens with zero attached hydrogens (tertiary/aromatic N) is 4. The van der Waals surface area contributed by atoms with E-state index < -0.39 is 5.41 Å². The van der Waals surface area contributed by atoms with E-state index in [1.807, 2.05) is 56.0 Å².